The summed E-state index contributed by atoms with van der Waals surface area (Å²) in [6.07, 6.45) is 4.39. The molecular formula is C21H27N3O4S. The fourth-order valence-corrected chi connectivity index (χ4v) is 5.37. The average Bonchev–Trinajstić information content (AvgIpc) is 3.33. The van der Waals surface area contributed by atoms with Gasteiger partial charge in [0.1, 0.15) is 10.8 Å². The summed E-state index contributed by atoms with van der Waals surface area (Å²) in [5.74, 6) is 0.670. The summed E-state index contributed by atoms with van der Waals surface area (Å²) in [6.45, 7) is 7.07. The van der Waals surface area contributed by atoms with Crippen molar-refractivity contribution in [2.75, 3.05) is 31.6 Å². The van der Waals surface area contributed by atoms with Gasteiger partial charge >= 0.3 is 6.03 Å². The number of fused-ring (bicyclic) bond motifs is 1. The number of carbonyl (C=O) groups excluding carboxylic acids is 2. The lowest BCUT2D eigenvalue weighted by Gasteiger charge is -2.31. The van der Waals surface area contributed by atoms with E-state index in [1.54, 1.807) is 18.4 Å². The van der Waals surface area contributed by atoms with Gasteiger partial charge in [0.2, 0.25) is 0 Å². The quantitative estimate of drug-likeness (QED) is 0.795. The summed E-state index contributed by atoms with van der Waals surface area (Å²) >= 11 is 1.53. The van der Waals surface area contributed by atoms with E-state index in [4.69, 9.17) is 9.15 Å². The predicted molar refractivity (Wildman–Crippen MR) is 111 cm³/mol. The van der Waals surface area contributed by atoms with Crippen molar-refractivity contribution in [3.63, 3.8) is 0 Å². The number of rotatable bonds is 4. The van der Waals surface area contributed by atoms with Crippen molar-refractivity contribution < 1.29 is 18.7 Å². The molecule has 2 aromatic rings. The molecule has 3 heterocycles. The van der Waals surface area contributed by atoms with E-state index in [0.29, 0.717) is 49.2 Å². The van der Waals surface area contributed by atoms with Crippen LogP contribution in [0.2, 0.25) is 0 Å². The lowest BCUT2D eigenvalue weighted by Crippen LogP contribution is -2.41. The molecule has 4 rings (SSSR count). The maximum absolute atomic E-state index is 13.3. The number of furan rings is 1. The number of nitrogens with one attached hydrogen (secondary N) is 2. The van der Waals surface area contributed by atoms with Crippen LogP contribution in [0.25, 0.3) is 0 Å². The Morgan fingerprint density at radius 2 is 2.07 bits per heavy atom. The number of hydrogen-bond donors (Lipinski definition) is 2. The lowest BCUT2D eigenvalue weighted by molar-refractivity contribution is 0.0303. The summed E-state index contributed by atoms with van der Waals surface area (Å²) in [7, 11) is 0. The van der Waals surface area contributed by atoms with Crippen molar-refractivity contribution in [2.24, 2.45) is 5.41 Å². The molecule has 8 heteroatoms. The van der Waals surface area contributed by atoms with Gasteiger partial charge in [0, 0.05) is 18.0 Å². The second-order valence-electron chi connectivity index (χ2n) is 8.34. The van der Waals surface area contributed by atoms with Crippen LogP contribution >= 0.6 is 11.3 Å². The van der Waals surface area contributed by atoms with E-state index in [0.717, 1.165) is 24.8 Å². The fourth-order valence-electron chi connectivity index (χ4n) is 3.87. The van der Waals surface area contributed by atoms with E-state index in [9.17, 15) is 9.59 Å². The van der Waals surface area contributed by atoms with Crippen LogP contribution in [0.1, 0.15) is 46.8 Å². The summed E-state index contributed by atoms with van der Waals surface area (Å²) in [5.41, 5.74) is 1.97. The van der Waals surface area contributed by atoms with E-state index in [1.165, 1.54) is 16.2 Å². The zero-order chi connectivity index (χ0) is 20.4. The van der Waals surface area contributed by atoms with Gasteiger partial charge in [-0.15, -0.1) is 11.3 Å². The molecule has 0 bridgehead atoms. The second kappa shape index (κ2) is 8.20. The fraction of sp³-hybridized carbons (Fsp3) is 0.524. The lowest BCUT2D eigenvalue weighted by atomic mass is 9.77. The zero-order valence-electron chi connectivity index (χ0n) is 16.9. The second-order valence-corrected chi connectivity index (χ2v) is 9.45. The standard InChI is InChI=1S/C21H27N3O4S/c1-21(2)6-5-15-16(12-21)29-18(17(15)19(25)24-7-10-27-11-8-24)23-20(26)22-13-14-4-3-9-28-14/h3-4,9H,5-8,10-13H2,1-2H3,(H2,22,23,26). The molecule has 1 saturated heterocycles. The Bertz CT molecular complexity index is 882. The first-order valence-electron chi connectivity index (χ1n) is 10.0. The molecule has 0 aromatic carbocycles. The molecule has 0 radical (unpaired) electrons. The molecule has 7 nitrogen and oxygen atoms in total. The number of nitrogens with zero attached hydrogens (tertiary/aromatic N) is 1. The molecule has 2 aliphatic rings. The monoisotopic (exact) mass is 417 g/mol. The van der Waals surface area contributed by atoms with Gasteiger partial charge in [-0.25, -0.2) is 4.79 Å². The van der Waals surface area contributed by atoms with Gasteiger partial charge in [0.15, 0.2) is 0 Å². The third kappa shape index (κ3) is 4.48. The van der Waals surface area contributed by atoms with Crippen molar-refractivity contribution in [3.05, 3.63) is 40.2 Å². The minimum atomic E-state index is -0.338. The maximum atomic E-state index is 13.3. The number of hydrogen-bond acceptors (Lipinski definition) is 5. The van der Waals surface area contributed by atoms with Crippen molar-refractivity contribution in [1.29, 1.82) is 0 Å². The number of morpholine rings is 1. The summed E-state index contributed by atoms with van der Waals surface area (Å²) in [4.78, 5) is 28.9. The number of urea groups is 1. The Morgan fingerprint density at radius 1 is 1.28 bits per heavy atom. The third-order valence-electron chi connectivity index (χ3n) is 5.52. The van der Waals surface area contributed by atoms with Crippen molar-refractivity contribution >= 4 is 28.3 Å². The van der Waals surface area contributed by atoms with Crippen LogP contribution in [0.4, 0.5) is 9.80 Å². The first-order chi connectivity index (χ1) is 13.9. The molecule has 29 heavy (non-hydrogen) atoms. The molecule has 2 aromatic heterocycles. The molecule has 156 valence electrons. The smallest absolute Gasteiger partial charge is 0.320 e. The van der Waals surface area contributed by atoms with Crippen LogP contribution < -0.4 is 10.6 Å². The molecule has 0 atom stereocenters. The Morgan fingerprint density at radius 3 is 2.79 bits per heavy atom. The van der Waals surface area contributed by atoms with E-state index in [1.807, 2.05) is 4.90 Å². The third-order valence-corrected chi connectivity index (χ3v) is 6.67. The largest absolute Gasteiger partial charge is 0.467 e. The van der Waals surface area contributed by atoms with Crippen LogP contribution in [0.5, 0.6) is 0 Å². The number of anilines is 1. The van der Waals surface area contributed by atoms with E-state index in [-0.39, 0.29) is 17.4 Å². The van der Waals surface area contributed by atoms with Crippen LogP contribution in [0, 0.1) is 5.41 Å². The highest BCUT2D eigenvalue weighted by atomic mass is 32.1. The first-order valence-corrected chi connectivity index (χ1v) is 10.8. The van der Waals surface area contributed by atoms with E-state index in [2.05, 4.69) is 24.5 Å². The molecule has 1 aliphatic carbocycles. The number of thiophene rings is 1. The van der Waals surface area contributed by atoms with E-state index >= 15 is 0 Å². The molecule has 0 unspecified atom stereocenters. The van der Waals surface area contributed by atoms with Gasteiger partial charge in [0.05, 0.1) is 31.6 Å². The Balaban J connectivity index is 1.57. The minimum absolute atomic E-state index is 0.00755. The highest BCUT2D eigenvalue weighted by Gasteiger charge is 2.34. The Labute approximate surface area is 174 Å². The van der Waals surface area contributed by atoms with Gasteiger partial charge in [-0.1, -0.05) is 13.8 Å². The molecule has 0 spiro atoms. The SMILES string of the molecule is CC1(C)CCc2c(sc(NC(=O)NCc3ccco3)c2C(=O)N2CCOCC2)C1. The zero-order valence-corrected chi connectivity index (χ0v) is 17.7. The Hall–Kier alpha value is -2.32. The summed E-state index contributed by atoms with van der Waals surface area (Å²) in [6, 6.07) is 3.25. The van der Waals surface area contributed by atoms with Gasteiger partial charge in [-0.3, -0.25) is 10.1 Å². The Kier molecular flexibility index (Phi) is 5.65. The highest BCUT2D eigenvalue weighted by molar-refractivity contribution is 7.17. The van der Waals surface area contributed by atoms with Crippen LogP contribution in [0.15, 0.2) is 22.8 Å². The number of ether oxygens (including phenoxy) is 1. The van der Waals surface area contributed by atoms with Gasteiger partial charge in [-0.05, 0) is 42.4 Å². The summed E-state index contributed by atoms with van der Waals surface area (Å²) < 4.78 is 10.6. The summed E-state index contributed by atoms with van der Waals surface area (Å²) in [5, 5.41) is 6.36. The van der Waals surface area contributed by atoms with Crippen LogP contribution in [-0.2, 0) is 24.1 Å². The molecule has 1 fully saturated rings. The predicted octanol–water partition coefficient (Wildman–Crippen LogP) is 3.65. The first kappa shape index (κ1) is 20.0. The van der Waals surface area contributed by atoms with Crippen LogP contribution in [-0.4, -0.2) is 43.1 Å². The molecule has 1 aliphatic heterocycles. The highest BCUT2D eigenvalue weighted by Crippen LogP contribution is 2.44. The number of amides is 3. The maximum Gasteiger partial charge on any atom is 0.320 e. The molecule has 3 amide bonds. The van der Waals surface area contributed by atoms with Gasteiger partial charge in [-0.2, -0.15) is 0 Å². The average molecular weight is 418 g/mol. The van der Waals surface area contributed by atoms with Crippen molar-refractivity contribution in [1.82, 2.24) is 10.2 Å². The molecule has 2 N–H and O–H groups in total. The van der Waals surface area contributed by atoms with Crippen LogP contribution in [0.3, 0.4) is 0 Å². The van der Waals surface area contributed by atoms with Gasteiger partial charge in [0.25, 0.3) is 5.91 Å². The number of carbonyl (C=O) groups is 2. The van der Waals surface area contributed by atoms with Crippen molar-refractivity contribution in [3.8, 4) is 0 Å². The molecule has 0 saturated carbocycles. The topological polar surface area (TPSA) is 83.8 Å². The normalized spacial score (nSPS) is 18.2. The van der Waals surface area contributed by atoms with Crippen molar-refractivity contribution in [2.45, 2.75) is 39.7 Å². The van der Waals surface area contributed by atoms with Gasteiger partial charge < -0.3 is 19.4 Å². The minimum Gasteiger partial charge on any atom is -0.467 e. The molecular weight excluding hydrogens is 390 g/mol. The van der Waals surface area contributed by atoms with E-state index < -0.39 is 0 Å².